The molecule has 0 aromatic heterocycles. The Kier molecular flexibility index (Phi) is 5.35. The Morgan fingerprint density at radius 2 is 1.95 bits per heavy atom. The molecule has 0 unspecified atom stereocenters. The van der Waals surface area contributed by atoms with E-state index in [4.69, 9.17) is 10.8 Å². The van der Waals surface area contributed by atoms with E-state index in [2.05, 4.69) is 5.32 Å². The molecule has 4 N–H and O–H groups in total. The van der Waals surface area contributed by atoms with E-state index in [1.165, 1.54) is 24.3 Å². The molecule has 9 nitrogen and oxygen atoms in total. The molecule has 0 aliphatic heterocycles. The molecule has 2 amide bonds. The third-order valence-corrected chi connectivity index (χ3v) is 2.58. The van der Waals surface area contributed by atoms with Crippen LogP contribution in [-0.4, -0.2) is 33.9 Å². The Labute approximate surface area is 118 Å². The number of primary amides is 1. The third kappa shape index (κ3) is 4.90. The fourth-order valence-corrected chi connectivity index (χ4v) is 1.66. The van der Waals surface area contributed by atoms with Gasteiger partial charge in [-0.05, 0) is 0 Å². The van der Waals surface area contributed by atoms with Gasteiger partial charge in [0.05, 0.1) is 17.8 Å². The SMILES string of the molecule is NC(=O)C[C@@H](NC(=O)Cc1ccccc1[N+](=O)[O-])C(=O)O. The number of benzene rings is 1. The number of aliphatic carboxylic acids is 1. The number of carbonyl (C=O) groups excluding carboxylic acids is 2. The number of carboxylic acids is 1. The molecular weight excluding hydrogens is 282 g/mol. The summed E-state index contributed by atoms with van der Waals surface area (Å²) in [6.45, 7) is 0. The standard InChI is InChI=1S/C12H13N3O6/c13-10(16)6-8(12(18)19)14-11(17)5-7-3-1-2-4-9(7)15(20)21/h1-4,8H,5-6H2,(H2,13,16)(H,14,17)(H,18,19)/t8-/m1/s1. The van der Waals surface area contributed by atoms with Crippen molar-refractivity contribution in [2.45, 2.75) is 18.9 Å². The first-order valence-corrected chi connectivity index (χ1v) is 5.84. The van der Waals surface area contributed by atoms with E-state index < -0.39 is 35.2 Å². The summed E-state index contributed by atoms with van der Waals surface area (Å²) in [6.07, 6.45) is -0.933. The van der Waals surface area contributed by atoms with Gasteiger partial charge in [-0.3, -0.25) is 19.7 Å². The molecule has 0 aliphatic carbocycles. The molecule has 1 aromatic rings. The van der Waals surface area contributed by atoms with Crippen LogP contribution in [0.3, 0.4) is 0 Å². The topological polar surface area (TPSA) is 153 Å². The first kappa shape index (κ1) is 16.1. The second kappa shape index (κ2) is 6.98. The number of carbonyl (C=O) groups is 3. The molecule has 0 bridgehead atoms. The Morgan fingerprint density at radius 1 is 1.33 bits per heavy atom. The molecule has 112 valence electrons. The molecule has 1 atom stereocenters. The lowest BCUT2D eigenvalue weighted by atomic mass is 10.1. The summed E-state index contributed by atoms with van der Waals surface area (Å²) in [5.41, 5.74) is 4.78. The number of nitrogens with two attached hydrogens (primary N) is 1. The molecular formula is C12H13N3O6. The van der Waals surface area contributed by atoms with Crippen LogP contribution in [0.15, 0.2) is 24.3 Å². The van der Waals surface area contributed by atoms with E-state index >= 15 is 0 Å². The predicted octanol–water partition coefficient (Wildman–Crippen LogP) is -0.418. The Morgan fingerprint density at radius 3 is 2.48 bits per heavy atom. The fraction of sp³-hybridized carbons (Fsp3) is 0.250. The normalized spacial score (nSPS) is 11.4. The lowest BCUT2D eigenvalue weighted by Gasteiger charge is -2.12. The quantitative estimate of drug-likeness (QED) is 0.458. The molecule has 9 heteroatoms. The van der Waals surface area contributed by atoms with Crippen molar-refractivity contribution in [3.63, 3.8) is 0 Å². The number of hydrogen-bond acceptors (Lipinski definition) is 5. The van der Waals surface area contributed by atoms with Gasteiger partial charge in [0.1, 0.15) is 6.04 Å². The second-order valence-electron chi connectivity index (χ2n) is 4.19. The largest absolute Gasteiger partial charge is 0.480 e. The zero-order valence-corrected chi connectivity index (χ0v) is 10.8. The Bertz CT molecular complexity index is 586. The molecule has 0 saturated heterocycles. The summed E-state index contributed by atoms with van der Waals surface area (Å²) < 4.78 is 0. The highest BCUT2D eigenvalue weighted by Gasteiger charge is 2.23. The van der Waals surface area contributed by atoms with Crippen molar-refractivity contribution >= 4 is 23.5 Å². The number of rotatable bonds is 7. The van der Waals surface area contributed by atoms with E-state index in [9.17, 15) is 24.5 Å². The van der Waals surface area contributed by atoms with Gasteiger partial charge < -0.3 is 16.2 Å². The molecule has 0 fully saturated rings. The zero-order valence-electron chi connectivity index (χ0n) is 10.8. The third-order valence-electron chi connectivity index (χ3n) is 2.58. The van der Waals surface area contributed by atoms with Crippen LogP contribution in [0.25, 0.3) is 0 Å². The molecule has 0 spiro atoms. The number of nitrogens with one attached hydrogen (secondary N) is 1. The number of carboxylic acid groups (broad SMARTS) is 1. The first-order valence-electron chi connectivity index (χ1n) is 5.84. The number of para-hydroxylation sites is 1. The maximum absolute atomic E-state index is 11.7. The summed E-state index contributed by atoms with van der Waals surface area (Å²) in [6, 6.07) is 4.14. The maximum Gasteiger partial charge on any atom is 0.326 e. The first-order chi connectivity index (χ1) is 9.81. The minimum Gasteiger partial charge on any atom is -0.480 e. The molecule has 0 aliphatic rings. The average molecular weight is 295 g/mol. The van der Waals surface area contributed by atoms with E-state index in [-0.39, 0.29) is 17.7 Å². The summed E-state index contributed by atoms with van der Waals surface area (Å²) in [4.78, 5) is 43.5. The van der Waals surface area contributed by atoms with Gasteiger partial charge in [-0.1, -0.05) is 18.2 Å². The summed E-state index contributed by atoms with van der Waals surface area (Å²) >= 11 is 0. The van der Waals surface area contributed by atoms with Gasteiger partial charge in [-0.2, -0.15) is 0 Å². The summed E-state index contributed by atoms with van der Waals surface area (Å²) in [5, 5.41) is 21.7. The molecule has 1 aromatic carbocycles. The van der Waals surface area contributed by atoms with Crippen LogP contribution >= 0.6 is 0 Å². The summed E-state index contributed by atoms with van der Waals surface area (Å²) in [7, 11) is 0. The van der Waals surface area contributed by atoms with Gasteiger partial charge in [0.25, 0.3) is 5.69 Å². The number of hydrogen-bond donors (Lipinski definition) is 3. The zero-order chi connectivity index (χ0) is 16.0. The Hall–Kier alpha value is -2.97. The van der Waals surface area contributed by atoms with Crippen molar-refractivity contribution < 1.29 is 24.4 Å². The van der Waals surface area contributed by atoms with Crippen molar-refractivity contribution in [2.24, 2.45) is 5.73 Å². The number of nitrogens with zero attached hydrogens (tertiary/aromatic N) is 1. The molecule has 0 heterocycles. The fourth-order valence-electron chi connectivity index (χ4n) is 1.66. The number of amides is 2. The second-order valence-corrected chi connectivity index (χ2v) is 4.19. The average Bonchev–Trinajstić information content (AvgIpc) is 2.37. The van der Waals surface area contributed by atoms with E-state index in [1.54, 1.807) is 0 Å². The van der Waals surface area contributed by atoms with Gasteiger partial charge in [0, 0.05) is 11.6 Å². The van der Waals surface area contributed by atoms with Gasteiger partial charge >= 0.3 is 5.97 Å². The van der Waals surface area contributed by atoms with Crippen molar-refractivity contribution in [1.29, 1.82) is 0 Å². The minimum absolute atomic E-state index is 0.142. The predicted molar refractivity (Wildman–Crippen MR) is 70.2 cm³/mol. The van der Waals surface area contributed by atoms with Crippen LogP contribution in [0.5, 0.6) is 0 Å². The number of nitro groups is 1. The van der Waals surface area contributed by atoms with Crippen LogP contribution in [0, 0.1) is 10.1 Å². The number of nitro benzene ring substituents is 1. The highest BCUT2D eigenvalue weighted by Crippen LogP contribution is 2.18. The lowest BCUT2D eigenvalue weighted by Crippen LogP contribution is -2.43. The highest BCUT2D eigenvalue weighted by molar-refractivity contribution is 5.89. The van der Waals surface area contributed by atoms with Crippen LogP contribution in [0.4, 0.5) is 5.69 Å². The van der Waals surface area contributed by atoms with Crippen molar-refractivity contribution in [3.05, 3.63) is 39.9 Å². The van der Waals surface area contributed by atoms with Crippen LogP contribution in [0.1, 0.15) is 12.0 Å². The smallest absolute Gasteiger partial charge is 0.326 e. The van der Waals surface area contributed by atoms with Crippen LogP contribution in [0.2, 0.25) is 0 Å². The van der Waals surface area contributed by atoms with Crippen molar-refractivity contribution in [2.75, 3.05) is 0 Å². The van der Waals surface area contributed by atoms with Crippen LogP contribution in [-0.2, 0) is 20.8 Å². The van der Waals surface area contributed by atoms with Gasteiger partial charge in [-0.15, -0.1) is 0 Å². The van der Waals surface area contributed by atoms with Crippen molar-refractivity contribution in [1.82, 2.24) is 5.32 Å². The monoisotopic (exact) mass is 295 g/mol. The minimum atomic E-state index is -1.46. The summed E-state index contributed by atoms with van der Waals surface area (Å²) in [5.74, 6) is -3.05. The van der Waals surface area contributed by atoms with Gasteiger partial charge in [0.15, 0.2) is 0 Å². The van der Waals surface area contributed by atoms with Gasteiger partial charge in [-0.25, -0.2) is 4.79 Å². The van der Waals surface area contributed by atoms with Gasteiger partial charge in [0.2, 0.25) is 11.8 Å². The van der Waals surface area contributed by atoms with E-state index in [0.29, 0.717) is 0 Å². The Balaban J connectivity index is 2.79. The van der Waals surface area contributed by atoms with E-state index in [0.717, 1.165) is 0 Å². The van der Waals surface area contributed by atoms with E-state index in [1.807, 2.05) is 0 Å². The molecule has 21 heavy (non-hydrogen) atoms. The maximum atomic E-state index is 11.7. The van der Waals surface area contributed by atoms with Crippen LogP contribution < -0.4 is 11.1 Å². The van der Waals surface area contributed by atoms with Crippen molar-refractivity contribution in [3.8, 4) is 0 Å². The lowest BCUT2D eigenvalue weighted by molar-refractivity contribution is -0.385. The molecule has 1 rings (SSSR count). The molecule has 0 saturated carbocycles. The highest BCUT2D eigenvalue weighted by atomic mass is 16.6. The molecule has 0 radical (unpaired) electrons.